The summed E-state index contributed by atoms with van der Waals surface area (Å²) in [6.45, 7) is 6.55. The van der Waals surface area contributed by atoms with E-state index in [4.69, 9.17) is 14.2 Å². The van der Waals surface area contributed by atoms with Gasteiger partial charge in [-0.05, 0) is 64.2 Å². The second-order valence-electron chi connectivity index (χ2n) is 21.3. The molecule has 0 aromatic carbocycles. The van der Waals surface area contributed by atoms with Crippen molar-refractivity contribution in [1.82, 2.24) is 0 Å². The molecular weight excluding hydrogens is 901 g/mol. The molecular formula is C67H120O6. The highest BCUT2D eigenvalue weighted by atomic mass is 16.6. The molecule has 1 atom stereocenters. The Hall–Kier alpha value is -2.89. The summed E-state index contributed by atoms with van der Waals surface area (Å²) in [4.78, 5) is 38.1. The first kappa shape index (κ1) is 70.1. The second-order valence-corrected chi connectivity index (χ2v) is 21.3. The fourth-order valence-corrected chi connectivity index (χ4v) is 9.30. The molecule has 73 heavy (non-hydrogen) atoms. The van der Waals surface area contributed by atoms with Crippen LogP contribution in [-0.4, -0.2) is 37.2 Å². The fourth-order valence-electron chi connectivity index (χ4n) is 9.30. The molecule has 0 N–H and O–H groups in total. The molecule has 0 aliphatic rings. The van der Waals surface area contributed by atoms with Crippen LogP contribution in [0.2, 0.25) is 0 Å². The highest BCUT2D eigenvalue weighted by Crippen LogP contribution is 2.17. The molecule has 0 bridgehead atoms. The normalized spacial score (nSPS) is 12.4. The molecule has 424 valence electrons. The van der Waals surface area contributed by atoms with Gasteiger partial charge in [-0.3, -0.25) is 14.4 Å². The van der Waals surface area contributed by atoms with E-state index >= 15 is 0 Å². The third-order valence-electron chi connectivity index (χ3n) is 14.0. The molecule has 1 unspecified atom stereocenters. The van der Waals surface area contributed by atoms with E-state index in [1.165, 1.54) is 199 Å². The summed E-state index contributed by atoms with van der Waals surface area (Å²) in [6.07, 6.45) is 78.2. The lowest BCUT2D eigenvalue weighted by Crippen LogP contribution is -2.30. The van der Waals surface area contributed by atoms with Gasteiger partial charge in [-0.25, -0.2) is 0 Å². The standard InChI is InChI=1S/C67H120O6/c1-4-7-10-13-16-19-22-23-24-25-26-27-28-29-30-31-32-33-34-35-36-37-38-39-40-41-42-43-46-48-51-54-57-60-66(69)72-63-64(73-67(70)61-58-55-52-49-45-21-18-15-12-9-6-3)62-71-65(68)59-56-53-50-47-44-20-17-14-11-8-5-2/h7,10,16,19,23-24,26-27,29-30,64H,4-6,8-9,11-15,17-18,20-22,25,28,31-63H2,1-3H3/b10-7-,19-16-,24-23-,27-26-,30-29-. The zero-order chi connectivity index (χ0) is 52.9. The summed E-state index contributed by atoms with van der Waals surface area (Å²) in [7, 11) is 0. The van der Waals surface area contributed by atoms with E-state index < -0.39 is 6.10 Å². The third-order valence-corrected chi connectivity index (χ3v) is 14.0. The van der Waals surface area contributed by atoms with Gasteiger partial charge in [0.1, 0.15) is 13.2 Å². The molecule has 0 spiro atoms. The monoisotopic (exact) mass is 1020 g/mol. The second kappa shape index (κ2) is 61.7. The number of hydrogen-bond acceptors (Lipinski definition) is 6. The molecule has 6 heteroatoms. The zero-order valence-corrected chi connectivity index (χ0v) is 48.7. The number of rotatable bonds is 58. The van der Waals surface area contributed by atoms with Crippen molar-refractivity contribution in [2.75, 3.05) is 13.2 Å². The first-order valence-corrected chi connectivity index (χ1v) is 31.8. The van der Waals surface area contributed by atoms with E-state index in [-0.39, 0.29) is 31.1 Å². The van der Waals surface area contributed by atoms with Crippen molar-refractivity contribution in [3.63, 3.8) is 0 Å². The summed E-state index contributed by atoms with van der Waals surface area (Å²) in [5, 5.41) is 0. The predicted octanol–water partition coefficient (Wildman–Crippen LogP) is 21.6. The molecule has 0 fully saturated rings. The Morgan fingerprint density at radius 2 is 0.534 bits per heavy atom. The molecule has 6 nitrogen and oxygen atoms in total. The van der Waals surface area contributed by atoms with Gasteiger partial charge in [-0.2, -0.15) is 0 Å². The number of carbonyl (C=O) groups is 3. The van der Waals surface area contributed by atoms with Gasteiger partial charge in [-0.1, -0.05) is 306 Å². The number of carbonyl (C=O) groups excluding carboxylic acids is 3. The van der Waals surface area contributed by atoms with Crippen molar-refractivity contribution in [2.24, 2.45) is 0 Å². The molecule has 0 aromatic heterocycles. The fraction of sp³-hybridized carbons (Fsp3) is 0.806. The Balaban J connectivity index is 4.02. The Kier molecular flexibility index (Phi) is 59.2. The van der Waals surface area contributed by atoms with E-state index in [2.05, 4.69) is 81.5 Å². The first-order chi connectivity index (χ1) is 36.0. The van der Waals surface area contributed by atoms with Crippen LogP contribution in [0, 0.1) is 0 Å². The van der Waals surface area contributed by atoms with Crippen LogP contribution in [0.25, 0.3) is 0 Å². The Morgan fingerprint density at radius 3 is 0.836 bits per heavy atom. The van der Waals surface area contributed by atoms with Crippen LogP contribution >= 0.6 is 0 Å². The van der Waals surface area contributed by atoms with Gasteiger partial charge in [0, 0.05) is 19.3 Å². The maximum Gasteiger partial charge on any atom is 0.306 e. The summed E-state index contributed by atoms with van der Waals surface area (Å²) in [5.41, 5.74) is 0. The van der Waals surface area contributed by atoms with Crippen molar-refractivity contribution < 1.29 is 28.6 Å². The SMILES string of the molecule is CC/C=C\C/C=C\C/C=C\C/C=C\C/C=C\CCCCCCCCCCCCCCCCCCCC(=O)OCC(COC(=O)CCCCCCCCCCCCC)OC(=O)CCCCCCCCCCCCC. The average Bonchev–Trinajstić information content (AvgIpc) is 3.39. The minimum absolute atomic E-state index is 0.0670. The molecule has 0 aliphatic heterocycles. The average molecular weight is 1020 g/mol. The maximum atomic E-state index is 12.8. The van der Waals surface area contributed by atoms with Gasteiger partial charge in [-0.15, -0.1) is 0 Å². The van der Waals surface area contributed by atoms with Crippen LogP contribution in [-0.2, 0) is 28.6 Å². The number of hydrogen-bond donors (Lipinski definition) is 0. The van der Waals surface area contributed by atoms with Crippen LogP contribution < -0.4 is 0 Å². The summed E-state index contributed by atoms with van der Waals surface area (Å²) < 4.78 is 16.9. The van der Waals surface area contributed by atoms with E-state index in [1.807, 2.05) is 0 Å². The minimum atomic E-state index is -0.766. The van der Waals surface area contributed by atoms with Gasteiger partial charge < -0.3 is 14.2 Å². The van der Waals surface area contributed by atoms with Gasteiger partial charge in [0.25, 0.3) is 0 Å². The van der Waals surface area contributed by atoms with Crippen LogP contribution in [0.5, 0.6) is 0 Å². The molecule has 0 heterocycles. The first-order valence-electron chi connectivity index (χ1n) is 31.8. The molecule has 0 aromatic rings. The number of esters is 3. The van der Waals surface area contributed by atoms with E-state index in [1.54, 1.807) is 0 Å². The van der Waals surface area contributed by atoms with Gasteiger partial charge in [0.2, 0.25) is 0 Å². The summed E-state index contributed by atoms with van der Waals surface area (Å²) in [6, 6.07) is 0. The lowest BCUT2D eigenvalue weighted by atomic mass is 10.0. The third kappa shape index (κ3) is 59.9. The number of unbranched alkanes of at least 4 members (excludes halogenated alkanes) is 37. The van der Waals surface area contributed by atoms with Crippen LogP contribution in [0.1, 0.15) is 329 Å². The topological polar surface area (TPSA) is 78.9 Å². The molecule has 0 amide bonds. The highest BCUT2D eigenvalue weighted by Gasteiger charge is 2.19. The Bertz CT molecular complexity index is 1310. The Labute approximate surface area is 453 Å². The number of allylic oxidation sites excluding steroid dienone is 10. The lowest BCUT2D eigenvalue weighted by Gasteiger charge is -2.18. The highest BCUT2D eigenvalue weighted by molar-refractivity contribution is 5.71. The summed E-state index contributed by atoms with van der Waals surface area (Å²) >= 11 is 0. The minimum Gasteiger partial charge on any atom is -0.462 e. The molecule has 0 saturated heterocycles. The van der Waals surface area contributed by atoms with Crippen molar-refractivity contribution in [3.8, 4) is 0 Å². The molecule has 0 saturated carbocycles. The smallest absolute Gasteiger partial charge is 0.306 e. The van der Waals surface area contributed by atoms with Gasteiger partial charge in [0.15, 0.2) is 6.10 Å². The maximum absolute atomic E-state index is 12.8. The van der Waals surface area contributed by atoms with E-state index in [9.17, 15) is 14.4 Å². The molecule has 0 aliphatic carbocycles. The number of ether oxygens (including phenoxy) is 3. The van der Waals surface area contributed by atoms with Crippen LogP contribution in [0.4, 0.5) is 0 Å². The van der Waals surface area contributed by atoms with E-state index in [0.29, 0.717) is 19.3 Å². The quantitative estimate of drug-likeness (QED) is 0.0261. The van der Waals surface area contributed by atoms with Gasteiger partial charge >= 0.3 is 17.9 Å². The van der Waals surface area contributed by atoms with Crippen LogP contribution in [0.3, 0.4) is 0 Å². The van der Waals surface area contributed by atoms with Crippen molar-refractivity contribution >= 4 is 17.9 Å². The Morgan fingerprint density at radius 1 is 0.288 bits per heavy atom. The van der Waals surface area contributed by atoms with Gasteiger partial charge in [0.05, 0.1) is 0 Å². The van der Waals surface area contributed by atoms with Crippen molar-refractivity contribution in [1.29, 1.82) is 0 Å². The lowest BCUT2D eigenvalue weighted by molar-refractivity contribution is -0.167. The zero-order valence-electron chi connectivity index (χ0n) is 48.7. The predicted molar refractivity (Wildman–Crippen MR) is 316 cm³/mol. The van der Waals surface area contributed by atoms with Crippen molar-refractivity contribution in [3.05, 3.63) is 60.8 Å². The van der Waals surface area contributed by atoms with Crippen molar-refractivity contribution in [2.45, 2.75) is 335 Å². The van der Waals surface area contributed by atoms with Crippen LogP contribution in [0.15, 0.2) is 60.8 Å². The van der Waals surface area contributed by atoms with E-state index in [0.717, 1.165) is 89.9 Å². The molecule has 0 rings (SSSR count). The summed E-state index contributed by atoms with van der Waals surface area (Å²) in [5.74, 6) is -0.851. The largest absolute Gasteiger partial charge is 0.462 e. The molecule has 0 radical (unpaired) electrons.